The molecule has 0 heterocycles. The zero-order chi connectivity index (χ0) is 15.2. The van der Waals surface area contributed by atoms with E-state index in [0.29, 0.717) is 0 Å². The fourth-order valence-corrected chi connectivity index (χ4v) is 2.54. The lowest BCUT2D eigenvalue weighted by atomic mass is 10.1. The van der Waals surface area contributed by atoms with Crippen molar-refractivity contribution in [2.45, 2.75) is 31.4 Å². The normalized spacial score (nSPS) is 15.3. The van der Waals surface area contributed by atoms with Gasteiger partial charge in [-0.3, -0.25) is 4.79 Å². The number of hydrogen-bond acceptors (Lipinski definition) is 3. The fourth-order valence-electron chi connectivity index (χ4n) is 2.54. The minimum absolute atomic E-state index is 0.0860. The number of carbonyl (C=O) groups is 2. The van der Waals surface area contributed by atoms with E-state index in [1.165, 1.54) is 18.2 Å². The Bertz CT molecular complexity index is 493. The predicted octanol–water partition coefficient (Wildman–Crippen LogP) is 0.943. The van der Waals surface area contributed by atoms with Gasteiger partial charge in [0.15, 0.2) is 0 Å². The minimum atomic E-state index is -0.949. The highest BCUT2D eigenvalue weighted by Crippen LogP contribution is 2.21. The van der Waals surface area contributed by atoms with Gasteiger partial charge in [0.25, 0.3) is 0 Å². The van der Waals surface area contributed by atoms with Crippen LogP contribution in [0.4, 0.5) is 4.79 Å². The van der Waals surface area contributed by atoms with Crippen molar-refractivity contribution in [1.29, 1.82) is 0 Å². The summed E-state index contributed by atoms with van der Waals surface area (Å²) in [4.78, 5) is 22.4. The van der Waals surface area contributed by atoms with Crippen LogP contribution in [0.25, 0.3) is 0 Å². The highest BCUT2D eigenvalue weighted by atomic mass is 16.5. The molecular weight excluding hydrogens is 272 g/mol. The molecule has 21 heavy (non-hydrogen) atoms. The van der Waals surface area contributed by atoms with Crippen LogP contribution in [-0.2, 0) is 22.4 Å². The standard InChI is InChI=1S/C15H20N2O4/c1-21-13(8-14(18)19)9-16-15(20)17-12-6-10-4-2-3-5-11(10)7-12/h2-5,12-13H,6-9H2,1H3,(H,18,19)(H2,16,17,20). The molecule has 1 aromatic rings. The molecule has 0 aromatic heterocycles. The molecule has 1 aliphatic carbocycles. The lowest BCUT2D eigenvalue weighted by molar-refractivity contribution is -0.139. The Morgan fingerprint density at radius 2 is 1.95 bits per heavy atom. The van der Waals surface area contributed by atoms with Crippen molar-refractivity contribution in [2.75, 3.05) is 13.7 Å². The lowest BCUT2D eigenvalue weighted by Gasteiger charge is -2.16. The van der Waals surface area contributed by atoms with Crippen molar-refractivity contribution in [3.8, 4) is 0 Å². The quantitative estimate of drug-likeness (QED) is 0.728. The minimum Gasteiger partial charge on any atom is -0.481 e. The first-order chi connectivity index (χ1) is 10.1. The summed E-state index contributed by atoms with van der Waals surface area (Å²) in [5.74, 6) is -0.949. The molecule has 1 atom stereocenters. The molecule has 6 nitrogen and oxygen atoms in total. The Labute approximate surface area is 123 Å². The van der Waals surface area contributed by atoms with Crippen molar-refractivity contribution < 1.29 is 19.4 Å². The molecule has 0 bridgehead atoms. The number of hydrogen-bond donors (Lipinski definition) is 3. The second-order valence-electron chi connectivity index (χ2n) is 5.18. The van der Waals surface area contributed by atoms with Gasteiger partial charge in [0.2, 0.25) is 0 Å². The van der Waals surface area contributed by atoms with E-state index in [2.05, 4.69) is 22.8 Å². The molecule has 0 aliphatic heterocycles. The fraction of sp³-hybridized carbons (Fsp3) is 0.467. The number of benzene rings is 1. The number of methoxy groups -OCH3 is 1. The van der Waals surface area contributed by atoms with Gasteiger partial charge in [0, 0.05) is 19.7 Å². The van der Waals surface area contributed by atoms with Gasteiger partial charge in [-0.15, -0.1) is 0 Å². The van der Waals surface area contributed by atoms with Gasteiger partial charge < -0.3 is 20.5 Å². The monoisotopic (exact) mass is 292 g/mol. The predicted molar refractivity (Wildman–Crippen MR) is 77.2 cm³/mol. The molecule has 0 saturated carbocycles. The van der Waals surface area contributed by atoms with Crippen LogP contribution in [0.2, 0.25) is 0 Å². The smallest absolute Gasteiger partial charge is 0.315 e. The summed E-state index contributed by atoms with van der Waals surface area (Å²) in [5, 5.41) is 14.3. The number of aliphatic carboxylic acids is 1. The zero-order valence-electron chi connectivity index (χ0n) is 12.0. The largest absolute Gasteiger partial charge is 0.481 e. The molecule has 0 radical (unpaired) electrons. The number of nitrogens with one attached hydrogen (secondary N) is 2. The van der Waals surface area contributed by atoms with E-state index in [9.17, 15) is 9.59 Å². The zero-order valence-corrected chi connectivity index (χ0v) is 12.0. The lowest BCUT2D eigenvalue weighted by Crippen LogP contribution is -2.45. The topological polar surface area (TPSA) is 87.7 Å². The molecule has 0 fully saturated rings. The highest BCUT2D eigenvalue weighted by molar-refractivity contribution is 5.74. The van der Waals surface area contributed by atoms with Crippen molar-refractivity contribution in [2.24, 2.45) is 0 Å². The van der Waals surface area contributed by atoms with Crippen LogP contribution in [0, 0.1) is 0 Å². The first-order valence-corrected chi connectivity index (χ1v) is 6.94. The average Bonchev–Trinajstić information content (AvgIpc) is 2.85. The molecule has 1 aliphatic rings. The van der Waals surface area contributed by atoms with Gasteiger partial charge in [-0.2, -0.15) is 0 Å². The summed E-state index contributed by atoms with van der Waals surface area (Å²) < 4.78 is 5.01. The SMILES string of the molecule is COC(CNC(=O)NC1Cc2ccccc2C1)CC(=O)O. The average molecular weight is 292 g/mol. The van der Waals surface area contributed by atoms with Gasteiger partial charge in [-0.25, -0.2) is 4.79 Å². The van der Waals surface area contributed by atoms with Crippen LogP contribution in [0.1, 0.15) is 17.5 Å². The molecular formula is C15H20N2O4. The van der Waals surface area contributed by atoms with E-state index in [4.69, 9.17) is 9.84 Å². The number of urea groups is 1. The Morgan fingerprint density at radius 3 is 2.48 bits per heavy atom. The first kappa shape index (κ1) is 15.3. The molecule has 1 aromatic carbocycles. The molecule has 0 spiro atoms. The molecule has 2 rings (SSSR count). The maximum Gasteiger partial charge on any atom is 0.315 e. The van der Waals surface area contributed by atoms with Crippen LogP contribution in [-0.4, -0.2) is 42.9 Å². The van der Waals surface area contributed by atoms with E-state index in [1.54, 1.807) is 0 Å². The van der Waals surface area contributed by atoms with Crippen LogP contribution < -0.4 is 10.6 Å². The van der Waals surface area contributed by atoms with E-state index in [0.717, 1.165) is 12.8 Å². The van der Waals surface area contributed by atoms with Gasteiger partial charge in [0.05, 0.1) is 12.5 Å². The van der Waals surface area contributed by atoms with Crippen molar-refractivity contribution >= 4 is 12.0 Å². The van der Waals surface area contributed by atoms with Crippen molar-refractivity contribution in [1.82, 2.24) is 10.6 Å². The molecule has 2 amide bonds. The molecule has 3 N–H and O–H groups in total. The first-order valence-electron chi connectivity index (χ1n) is 6.94. The van der Waals surface area contributed by atoms with Crippen LogP contribution in [0.5, 0.6) is 0 Å². The summed E-state index contributed by atoms with van der Waals surface area (Å²) in [6.45, 7) is 0.175. The Hall–Kier alpha value is -2.08. The van der Waals surface area contributed by atoms with Crippen LogP contribution in [0.15, 0.2) is 24.3 Å². The summed E-state index contributed by atoms with van der Waals surface area (Å²) in [6, 6.07) is 7.93. The van der Waals surface area contributed by atoms with E-state index in [-0.39, 0.29) is 25.0 Å². The van der Waals surface area contributed by atoms with Crippen LogP contribution in [0.3, 0.4) is 0 Å². The van der Waals surface area contributed by atoms with Crippen molar-refractivity contribution in [3.63, 3.8) is 0 Å². The van der Waals surface area contributed by atoms with Gasteiger partial charge in [0.1, 0.15) is 0 Å². The molecule has 1 unspecified atom stereocenters. The number of ether oxygens (including phenoxy) is 1. The third kappa shape index (κ3) is 4.46. The van der Waals surface area contributed by atoms with E-state index >= 15 is 0 Å². The maximum absolute atomic E-state index is 11.8. The number of carboxylic acids is 1. The molecule has 0 saturated heterocycles. The second kappa shape index (κ2) is 7.08. The summed E-state index contributed by atoms with van der Waals surface area (Å²) in [6.07, 6.45) is 0.999. The second-order valence-corrected chi connectivity index (χ2v) is 5.18. The van der Waals surface area contributed by atoms with Gasteiger partial charge in [-0.05, 0) is 24.0 Å². The molecule has 114 valence electrons. The Morgan fingerprint density at radius 1 is 1.33 bits per heavy atom. The number of amides is 2. The summed E-state index contributed by atoms with van der Waals surface area (Å²) in [5.41, 5.74) is 2.53. The third-order valence-electron chi connectivity index (χ3n) is 3.61. The van der Waals surface area contributed by atoms with E-state index in [1.807, 2.05) is 12.1 Å². The number of carboxylic acid groups (broad SMARTS) is 1. The number of carbonyl (C=O) groups excluding carboxylic acids is 1. The number of fused-ring (bicyclic) bond motifs is 1. The number of rotatable bonds is 6. The highest BCUT2D eigenvalue weighted by Gasteiger charge is 2.22. The Balaban J connectivity index is 1.75. The van der Waals surface area contributed by atoms with Gasteiger partial charge >= 0.3 is 12.0 Å². The maximum atomic E-state index is 11.8. The van der Waals surface area contributed by atoms with Crippen LogP contribution >= 0.6 is 0 Å². The van der Waals surface area contributed by atoms with E-state index < -0.39 is 12.1 Å². The summed E-state index contributed by atoms with van der Waals surface area (Å²) >= 11 is 0. The molecule has 6 heteroatoms. The van der Waals surface area contributed by atoms with Gasteiger partial charge in [-0.1, -0.05) is 24.3 Å². The van der Waals surface area contributed by atoms with Crippen molar-refractivity contribution in [3.05, 3.63) is 35.4 Å². The Kier molecular flexibility index (Phi) is 5.16. The third-order valence-corrected chi connectivity index (χ3v) is 3.61. The summed E-state index contributed by atoms with van der Waals surface area (Å²) in [7, 11) is 1.43.